The van der Waals surface area contributed by atoms with E-state index in [1.165, 1.54) is 4.90 Å². The number of amides is 4. The number of aromatic nitrogens is 2. The third kappa shape index (κ3) is 3.73. The van der Waals surface area contributed by atoms with E-state index in [0.29, 0.717) is 32.5 Å². The molecule has 2 fully saturated rings. The molecule has 0 bridgehead atoms. The minimum absolute atomic E-state index is 0.213. The first kappa shape index (κ1) is 22.0. The van der Waals surface area contributed by atoms with Gasteiger partial charge >= 0.3 is 6.03 Å². The molecule has 0 aliphatic carbocycles. The summed E-state index contributed by atoms with van der Waals surface area (Å²) in [6, 6.07) is -0.355. The largest absolute Gasteiger partial charge is 0.356 e. The number of carbonyl (C=O) groups excluding carboxylic acids is 3. The molecule has 2 aliphatic heterocycles. The van der Waals surface area contributed by atoms with Crippen LogP contribution in [-0.4, -0.2) is 88.3 Å². The zero-order chi connectivity index (χ0) is 22.2. The van der Waals surface area contributed by atoms with Gasteiger partial charge in [-0.25, -0.2) is 14.8 Å². The highest BCUT2D eigenvalue weighted by molar-refractivity contribution is 6.09. The van der Waals surface area contributed by atoms with E-state index in [1.54, 1.807) is 25.3 Å². The number of anilines is 1. The van der Waals surface area contributed by atoms with Gasteiger partial charge in [0, 0.05) is 45.0 Å². The molecule has 0 radical (unpaired) electrons. The first-order valence-electron chi connectivity index (χ1n) is 10.5. The van der Waals surface area contributed by atoms with Gasteiger partial charge in [-0.05, 0) is 32.6 Å². The lowest BCUT2D eigenvalue weighted by molar-refractivity contribution is -0.139. The van der Waals surface area contributed by atoms with Gasteiger partial charge in [0.2, 0.25) is 5.91 Å². The Kier molecular flexibility index (Phi) is 6.01. The first-order valence-corrected chi connectivity index (χ1v) is 10.5. The van der Waals surface area contributed by atoms with Crippen LogP contribution < -0.4 is 4.90 Å². The van der Waals surface area contributed by atoms with Crippen LogP contribution in [0, 0.1) is 19.8 Å². The molecule has 1 spiro atoms. The van der Waals surface area contributed by atoms with E-state index in [-0.39, 0.29) is 30.3 Å². The maximum absolute atomic E-state index is 13.5. The molecule has 0 saturated carbocycles. The molecule has 1 aromatic heterocycles. The molecule has 0 atom stereocenters. The monoisotopic (exact) mass is 416 g/mol. The number of rotatable bonds is 5. The summed E-state index contributed by atoms with van der Waals surface area (Å²) >= 11 is 0. The van der Waals surface area contributed by atoms with Crippen molar-refractivity contribution in [3.05, 3.63) is 17.6 Å². The van der Waals surface area contributed by atoms with Crippen LogP contribution in [0.5, 0.6) is 0 Å². The average molecular weight is 417 g/mol. The van der Waals surface area contributed by atoms with Crippen molar-refractivity contribution in [3.8, 4) is 0 Å². The van der Waals surface area contributed by atoms with E-state index in [2.05, 4.69) is 14.9 Å². The second-order valence-corrected chi connectivity index (χ2v) is 8.89. The Morgan fingerprint density at radius 1 is 1.17 bits per heavy atom. The Bertz CT molecular complexity index is 845. The molecule has 1 aromatic rings. The van der Waals surface area contributed by atoms with Crippen molar-refractivity contribution in [2.24, 2.45) is 5.92 Å². The van der Waals surface area contributed by atoms with Gasteiger partial charge in [-0.2, -0.15) is 0 Å². The second kappa shape index (κ2) is 8.20. The van der Waals surface area contributed by atoms with Crippen LogP contribution in [0.3, 0.4) is 0 Å². The third-order valence-electron chi connectivity index (χ3n) is 6.16. The topological polar surface area (TPSA) is 90.0 Å². The van der Waals surface area contributed by atoms with E-state index in [9.17, 15) is 14.4 Å². The van der Waals surface area contributed by atoms with Crippen molar-refractivity contribution < 1.29 is 14.4 Å². The molecule has 0 aromatic carbocycles. The highest BCUT2D eigenvalue weighted by Gasteiger charge is 2.58. The van der Waals surface area contributed by atoms with Gasteiger partial charge in [-0.1, -0.05) is 13.8 Å². The van der Waals surface area contributed by atoms with Crippen molar-refractivity contribution in [3.63, 3.8) is 0 Å². The zero-order valence-electron chi connectivity index (χ0n) is 18.8. The summed E-state index contributed by atoms with van der Waals surface area (Å²) < 4.78 is 0. The van der Waals surface area contributed by atoms with Crippen LogP contribution in [0.1, 0.15) is 37.9 Å². The van der Waals surface area contributed by atoms with Crippen molar-refractivity contribution in [2.45, 2.75) is 46.1 Å². The highest BCUT2D eigenvalue weighted by atomic mass is 16.2. The van der Waals surface area contributed by atoms with Crippen molar-refractivity contribution in [2.75, 3.05) is 45.2 Å². The van der Waals surface area contributed by atoms with Crippen molar-refractivity contribution >= 4 is 23.7 Å². The maximum atomic E-state index is 13.5. The van der Waals surface area contributed by atoms with Gasteiger partial charge in [0.25, 0.3) is 5.91 Å². The normalized spacial score (nSPS) is 18.7. The lowest BCUT2D eigenvalue weighted by Crippen LogP contribution is -2.57. The molecule has 30 heavy (non-hydrogen) atoms. The molecule has 0 N–H and O–H groups in total. The Morgan fingerprint density at radius 3 is 2.37 bits per heavy atom. The molecule has 2 saturated heterocycles. The Balaban J connectivity index is 1.86. The number of nitrogens with zero attached hydrogens (tertiary/aromatic N) is 6. The van der Waals surface area contributed by atoms with Gasteiger partial charge in [-0.3, -0.25) is 14.5 Å². The summed E-state index contributed by atoms with van der Waals surface area (Å²) in [5, 5.41) is 0. The minimum atomic E-state index is -0.888. The van der Waals surface area contributed by atoms with Crippen LogP contribution in [-0.2, 0) is 9.59 Å². The van der Waals surface area contributed by atoms with E-state index in [4.69, 9.17) is 0 Å². The maximum Gasteiger partial charge on any atom is 0.328 e. The Morgan fingerprint density at radius 2 is 1.80 bits per heavy atom. The van der Waals surface area contributed by atoms with Crippen LogP contribution >= 0.6 is 0 Å². The summed E-state index contributed by atoms with van der Waals surface area (Å²) in [4.78, 5) is 53.9. The van der Waals surface area contributed by atoms with E-state index in [1.807, 2.05) is 27.7 Å². The van der Waals surface area contributed by atoms with Crippen molar-refractivity contribution in [1.82, 2.24) is 24.7 Å². The lowest BCUT2D eigenvalue weighted by atomic mass is 9.85. The number of piperidine rings is 1. The predicted octanol–water partition coefficient (Wildman–Crippen LogP) is 1.44. The number of carbonyl (C=O) groups is 3. The van der Waals surface area contributed by atoms with Crippen LogP contribution in [0.15, 0.2) is 6.33 Å². The third-order valence-corrected chi connectivity index (χ3v) is 6.16. The van der Waals surface area contributed by atoms with Crippen molar-refractivity contribution in [1.29, 1.82) is 0 Å². The summed E-state index contributed by atoms with van der Waals surface area (Å²) in [5.41, 5.74) is 1.07. The molecule has 4 amide bonds. The second-order valence-electron chi connectivity index (χ2n) is 8.89. The summed E-state index contributed by atoms with van der Waals surface area (Å²) in [7, 11) is 3.25. The summed E-state index contributed by atoms with van der Waals surface area (Å²) in [5.74, 6) is 0.582. The summed E-state index contributed by atoms with van der Waals surface area (Å²) in [6.45, 7) is 9.51. The molecule has 3 heterocycles. The lowest BCUT2D eigenvalue weighted by Gasteiger charge is -2.43. The number of hydrogen-bond donors (Lipinski definition) is 0. The number of hydrogen-bond acceptors (Lipinski definition) is 6. The fourth-order valence-corrected chi connectivity index (χ4v) is 4.23. The van der Waals surface area contributed by atoms with Gasteiger partial charge in [-0.15, -0.1) is 0 Å². The Hall–Kier alpha value is -2.71. The van der Waals surface area contributed by atoms with Crippen LogP contribution in [0.2, 0.25) is 0 Å². The Labute approximate surface area is 178 Å². The molecule has 0 unspecified atom stereocenters. The summed E-state index contributed by atoms with van der Waals surface area (Å²) in [6.07, 6.45) is 2.59. The minimum Gasteiger partial charge on any atom is -0.356 e. The zero-order valence-corrected chi connectivity index (χ0v) is 18.8. The number of urea groups is 1. The molecule has 2 aliphatic rings. The fourth-order valence-electron chi connectivity index (χ4n) is 4.23. The molecule has 9 nitrogen and oxygen atoms in total. The molecule has 9 heteroatoms. The van der Waals surface area contributed by atoms with E-state index >= 15 is 0 Å². The van der Waals surface area contributed by atoms with Gasteiger partial charge in [0.15, 0.2) is 0 Å². The van der Waals surface area contributed by atoms with Gasteiger partial charge in [0.05, 0.1) is 0 Å². The fraction of sp³-hybridized carbons (Fsp3) is 0.667. The number of aryl methyl sites for hydroxylation is 1. The molecular formula is C21H32N6O3. The molecule has 164 valence electrons. The first-order chi connectivity index (χ1) is 14.1. The smallest absolute Gasteiger partial charge is 0.328 e. The predicted molar refractivity (Wildman–Crippen MR) is 113 cm³/mol. The SMILES string of the molecule is Cc1ncnc(N2CCC3(CC2)C(=O)N(CC(=O)N(C)C)C(=O)N3CC(C)C)c1C. The van der Waals surface area contributed by atoms with Crippen LogP contribution in [0.4, 0.5) is 10.6 Å². The average Bonchev–Trinajstić information content (AvgIpc) is 2.87. The van der Waals surface area contributed by atoms with E-state index < -0.39 is 5.54 Å². The van der Waals surface area contributed by atoms with E-state index in [0.717, 1.165) is 22.0 Å². The highest BCUT2D eigenvalue weighted by Crippen LogP contribution is 2.39. The quantitative estimate of drug-likeness (QED) is 0.675. The van der Waals surface area contributed by atoms with Gasteiger partial charge in [0.1, 0.15) is 24.2 Å². The molecular weight excluding hydrogens is 384 g/mol. The number of imide groups is 1. The standard InChI is InChI=1S/C21H32N6O3/c1-14(2)11-27-20(30)26(12-17(28)24(5)6)19(29)21(27)7-9-25(10-8-21)18-15(3)16(4)22-13-23-18/h13-14H,7-12H2,1-6H3. The number of likely N-dealkylation sites (N-methyl/N-ethyl adjacent to an activating group) is 1. The van der Waals surface area contributed by atoms with Gasteiger partial charge < -0.3 is 14.7 Å². The van der Waals surface area contributed by atoms with Crippen LogP contribution in [0.25, 0.3) is 0 Å². The molecule has 3 rings (SSSR count).